The zero-order valence-electron chi connectivity index (χ0n) is 10.0. The highest BCUT2D eigenvalue weighted by Crippen LogP contribution is 2.29. The number of rotatable bonds is 3. The van der Waals surface area contributed by atoms with E-state index in [1.54, 1.807) is 43.1 Å². The minimum Gasteiger partial charge on any atom is -0.481 e. The summed E-state index contributed by atoms with van der Waals surface area (Å²) in [4.78, 5) is 0. The number of hydrogen-bond acceptors (Lipinski definition) is 3. The number of halogens is 2. The van der Waals surface area contributed by atoms with Gasteiger partial charge in [-0.1, -0.05) is 29.3 Å². The molecule has 1 aromatic heterocycles. The van der Waals surface area contributed by atoms with Crippen LogP contribution in [0.1, 0.15) is 17.3 Å². The van der Waals surface area contributed by atoms with Crippen LogP contribution in [0, 0.1) is 0 Å². The lowest BCUT2D eigenvalue weighted by atomic mass is 10.1. The molecule has 0 saturated heterocycles. The highest BCUT2D eigenvalue weighted by molar-refractivity contribution is 6.35. The average molecular weight is 286 g/mol. The van der Waals surface area contributed by atoms with E-state index in [2.05, 4.69) is 5.10 Å². The van der Waals surface area contributed by atoms with Gasteiger partial charge < -0.3 is 10.5 Å². The first-order valence-corrected chi connectivity index (χ1v) is 6.07. The molecule has 0 aliphatic carbocycles. The van der Waals surface area contributed by atoms with Crippen LogP contribution < -0.4 is 10.5 Å². The standard InChI is InChI=1S/C12H13Cl2N3O/c1-17-11(18-2)6-10(16-17)12(15)8-4-3-7(13)5-9(8)14/h3-6,12H,15H2,1-2H3. The molecule has 1 aromatic carbocycles. The van der Waals surface area contributed by atoms with Crippen LogP contribution in [0.2, 0.25) is 10.0 Å². The fraction of sp³-hybridized carbons (Fsp3) is 0.250. The van der Waals surface area contributed by atoms with E-state index in [1.165, 1.54) is 0 Å². The lowest BCUT2D eigenvalue weighted by Crippen LogP contribution is -2.13. The molecule has 0 saturated carbocycles. The van der Waals surface area contributed by atoms with Gasteiger partial charge in [0.05, 0.1) is 18.8 Å². The Bertz CT molecular complexity index is 568. The third-order valence-corrected chi connectivity index (χ3v) is 3.24. The van der Waals surface area contributed by atoms with Crippen molar-refractivity contribution in [3.8, 4) is 5.88 Å². The summed E-state index contributed by atoms with van der Waals surface area (Å²) in [6.45, 7) is 0. The number of methoxy groups -OCH3 is 1. The van der Waals surface area contributed by atoms with Gasteiger partial charge in [0.2, 0.25) is 5.88 Å². The molecule has 0 aliphatic rings. The molecule has 4 nitrogen and oxygen atoms in total. The van der Waals surface area contributed by atoms with Crippen LogP contribution in [0.5, 0.6) is 5.88 Å². The Kier molecular flexibility index (Phi) is 3.80. The number of ether oxygens (including phenoxy) is 1. The second-order valence-electron chi connectivity index (χ2n) is 3.88. The molecule has 1 unspecified atom stereocenters. The second kappa shape index (κ2) is 5.18. The number of aryl methyl sites for hydroxylation is 1. The first-order valence-electron chi connectivity index (χ1n) is 5.31. The van der Waals surface area contributed by atoms with Gasteiger partial charge in [0.1, 0.15) is 0 Å². The van der Waals surface area contributed by atoms with Crippen LogP contribution in [-0.2, 0) is 7.05 Å². The number of nitrogens with two attached hydrogens (primary N) is 1. The molecule has 1 atom stereocenters. The summed E-state index contributed by atoms with van der Waals surface area (Å²) in [6.07, 6.45) is 0. The lowest BCUT2D eigenvalue weighted by Gasteiger charge is -2.11. The lowest BCUT2D eigenvalue weighted by molar-refractivity contribution is 0.373. The Balaban J connectivity index is 2.37. The fourth-order valence-corrected chi connectivity index (χ4v) is 2.25. The van der Waals surface area contributed by atoms with Crippen molar-refractivity contribution in [2.45, 2.75) is 6.04 Å². The summed E-state index contributed by atoms with van der Waals surface area (Å²) in [7, 11) is 3.38. The van der Waals surface area contributed by atoms with Crippen molar-refractivity contribution in [1.82, 2.24) is 9.78 Å². The molecule has 0 spiro atoms. The highest BCUT2D eigenvalue weighted by Gasteiger charge is 2.17. The van der Waals surface area contributed by atoms with Gasteiger partial charge in [0.25, 0.3) is 0 Å². The largest absolute Gasteiger partial charge is 0.481 e. The van der Waals surface area contributed by atoms with E-state index in [9.17, 15) is 0 Å². The Morgan fingerprint density at radius 1 is 1.33 bits per heavy atom. The van der Waals surface area contributed by atoms with Crippen molar-refractivity contribution in [3.63, 3.8) is 0 Å². The smallest absolute Gasteiger partial charge is 0.211 e. The van der Waals surface area contributed by atoms with Crippen molar-refractivity contribution in [2.75, 3.05) is 7.11 Å². The van der Waals surface area contributed by atoms with Gasteiger partial charge in [-0.05, 0) is 17.7 Å². The predicted octanol–water partition coefficient (Wildman–Crippen LogP) is 2.78. The molecule has 0 aliphatic heterocycles. The van der Waals surface area contributed by atoms with Gasteiger partial charge in [-0.25, -0.2) is 4.68 Å². The number of benzene rings is 1. The number of aromatic nitrogens is 2. The summed E-state index contributed by atoms with van der Waals surface area (Å²) in [5.41, 5.74) is 7.62. The SMILES string of the molecule is COc1cc(C(N)c2ccc(Cl)cc2Cl)nn1C. The van der Waals surface area contributed by atoms with Crippen LogP contribution in [0.15, 0.2) is 24.3 Å². The van der Waals surface area contributed by atoms with Crippen LogP contribution in [-0.4, -0.2) is 16.9 Å². The maximum atomic E-state index is 6.15. The molecule has 2 N–H and O–H groups in total. The molecule has 0 amide bonds. The van der Waals surface area contributed by atoms with Crippen LogP contribution in [0.25, 0.3) is 0 Å². The molecule has 18 heavy (non-hydrogen) atoms. The van der Waals surface area contributed by atoms with Crippen LogP contribution in [0.3, 0.4) is 0 Å². The summed E-state index contributed by atoms with van der Waals surface area (Å²) >= 11 is 12.0. The molecule has 1 heterocycles. The van der Waals surface area contributed by atoms with Gasteiger partial charge in [0.15, 0.2) is 0 Å². The second-order valence-corrected chi connectivity index (χ2v) is 4.72. The van der Waals surface area contributed by atoms with E-state index in [-0.39, 0.29) is 0 Å². The third kappa shape index (κ3) is 2.46. The van der Waals surface area contributed by atoms with Crippen molar-refractivity contribution in [3.05, 3.63) is 45.6 Å². The molecular weight excluding hydrogens is 273 g/mol. The number of nitrogens with zero attached hydrogens (tertiary/aromatic N) is 2. The topological polar surface area (TPSA) is 53.1 Å². The quantitative estimate of drug-likeness (QED) is 0.944. The molecule has 0 radical (unpaired) electrons. The Labute approximate surface area is 115 Å². The molecule has 0 fully saturated rings. The van der Waals surface area contributed by atoms with Gasteiger partial charge in [0, 0.05) is 23.2 Å². The molecule has 2 rings (SSSR count). The molecule has 96 valence electrons. The van der Waals surface area contributed by atoms with E-state index in [0.29, 0.717) is 21.6 Å². The minimum absolute atomic E-state index is 0.412. The summed E-state index contributed by atoms with van der Waals surface area (Å²) < 4.78 is 6.78. The van der Waals surface area contributed by atoms with Crippen molar-refractivity contribution >= 4 is 23.2 Å². The monoisotopic (exact) mass is 285 g/mol. The van der Waals surface area contributed by atoms with E-state index in [0.717, 1.165) is 5.56 Å². The summed E-state index contributed by atoms with van der Waals surface area (Å²) in [5, 5.41) is 5.40. The van der Waals surface area contributed by atoms with Crippen LogP contribution >= 0.6 is 23.2 Å². The van der Waals surface area contributed by atoms with Crippen LogP contribution in [0.4, 0.5) is 0 Å². The van der Waals surface area contributed by atoms with Gasteiger partial charge in [-0.2, -0.15) is 5.10 Å². The normalized spacial score (nSPS) is 12.5. The van der Waals surface area contributed by atoms with E-state index in [1.807, 2.05) is 0 Å². The fourth-order valence-electron chi connectivity index (χ4n) is 1.73. The highest BCUT2D eigenvalue weighted by atomic mass is 35.5. The molecule has 6 heteroatoms. The van der Waals surface area contributed by atoms with Gasteiger partial charge >= 0.3 is 0 Å². The average Bonchev–Trinajstić information content (AvgIpc) is 2.70. The Morgan fingerprint density at radius 3 is 2.61 bits per heavy atom. The minimum atomic E-state index is -0.412. The maximum Gasteiger partial charge on any atom is 0.211 e. The first kappa shape index (κ1) is 13.2. The van der Waals surface area contributed by atoms with E-state index in [4.69, 9.17) is 33.7 Å². The first-order chi connectivity index (χ1) is 8.52. The molecule has 0 bridgehead atoms. The van der Waals surface area contributed by atoms with Crippen molar-refractivity contribution in [2.24, 2.45) is 12.8 Å². The van der Waals surface area contributed by atoms with Gasteiger partial charge in [-0.3, -0.25) is 0 Å². The zero-order valence-corrected chi connectivity index (χ0v) is 11.5. The Morgan fingerprint density at radius 2 is 2.06 bits per heavy atom. The Hall–Kier alpha value is -1.23. The van der Waals surface area contributed by atoms with E-state index < -0.39 is 6.04 Å². The van der Waals surface area contributed by atoms with E-state index >= 15 is 0 Å². The van der Waals surface area contributed by atoms with Gasteiger partial charge in [-0.15, -0.1) is 0 Å². The molecular formula is C12H13Cl2N3O. The zero-order chi connectivity index (χ0) is 13.3. The summed E-state index contributed by atoms with van der Waals surface area (Å²) in [6, 6.07) is 6.60. The molecule has 2 aromatic rings. The maximum absolute atomic E-state index is 6.15. The predicted molar refractivity (Wildman–Crippen MR) is 72.3 cm³/mol. The van der Waals surface area contributed by atoms with Crippen molar-refractivity contribution in [1.29, 1.82) is 0 Å². The third-order valence-electron chi connectivity index (χ3n) is 2.68. The summed E-state index contributed by atoms with van der Waals surface area (Å²) in [5.74, 6) is 0.644. The van der Waals surface area contributed by atoms with Crippen molar-refractivity contribution < 1.29 is 4.74 Å². The number of hydrogen-bond donors (Lipinski definition) is 1.